The first kappa shape index (κ1) is 17.0. The average molecular weight is 306 g/mol. The molecule has 0 aliphatic heterocycles. The molecule has 1 amide bonds. The van der Waals surface area contributed by atoms with E-state index in [4.69, 9.17) is 0 Å². The minimum atomic E-state index is -0.118. The Morgan fingerprint density at radius 3 is 2.77 bits per heavy atom. The molecule has 1 heterocycles. The van der Waals surface area contributed by atoms with Crippen molar-refractivity contribution in [3.63, 3.8) is 0 Å². The third-order valence-corrected chi connectivity index (χ3v) is 4.84. The van der Waals surface area contributed by atoms with E-state index in [0.717, 1.165) is 24.3 Å². The molecule has 124 valence electrons. The molecule has 1 N–H and O–H groups in total. The Morgan fingerprint density at radius 1 is 1.45 bits per heavy atom. The zero-order valence-electron chi connectivity index (χ0n) is 14.4. The smallest absolute Gasteiger partial charge is 0.242 e. The van der Waals surface area contributed by atoms with Gasteiger partial charge in [-0.3, -0.25) is 9.69 Å². The highest BCUT2D eigenvalue weighted by atomic mass is 16.2. The first-order valence-corrected chi connectivity index (χ1v) is 8.59. The summed E-state index contributed by atoms with van der Waals surface area (Å²) in [6.07, 6.45) is 9.14. The summed E-state index contributed by atoms with van der Waals surface area (Å²) >= 11 is 0. The van der Waals surface area contributed by atoms with Crippen LogP contribution in [-0.2, 0) is 11.3 Å². The molecule has 22 heavy (non-hydrogen) atoms. The second-order valence-corrected chi connectivity index (χ2v) is 6.52. The maximum absolute atomic E-state index is 12.6. The van der Waals surface area contributed by atoms with E-state index < -0.39 is 0 Å². The summed E-state index contributed by atoms with van der Waals surface area (Å²) in [5.74, 6) is 0.907. The van der Waals surface area contributed by atoms with Crippen molar-refractivity contribution in [2.45, 2.75) is 77.9 Å². The van der Waals surface area contributed by atoms with Gasteiger partial charge in [0.15, 0.2) is 0 Å². The molecule has 1 atom stereocenters. The van der Waals surface area contributed by atoms with Crippen molar-refractivity contribution >= 4 is 11.7 Å². The van der Waals surface area contributed by atoms with Crippen LogP contribution in [0.5, 0.6) is 0 Å². The molecule has 0 bridgehead atoms. The van der Waals surface area contributed by atoms with Gasteiger partial charge in [0.05, 0.1) is 12.2 Å². The van der Waals surface area contributed by atoms with Crippen LogP contribution < -0.4 is 5.32 Å². The lowest BCUT2D eigenvalue weighted by atomic mass is 9.93. The first-order valence-electron chi connectivity index (χ1n) is 8.59. The van der Waals surface area contributed by atoms with Crippen LogP contribution in [0.15, 0.2) is 6.20 Å². The molecule has 1 aromatic heterocycles. The largest absolute Gasteiger partial charge is 0.309 e. The number of rotatable bonds is 6. The Labute approximate surface area is 134 Å². The van der Waals surface area contributed by atoms with E-state index in [1.807, 2.05) is 24.7 Å². The third-order valence-electron chi connectivity index (χ3n) is 4.84. The first-order chi connectivity index (χ1) is 10.5. The van der Waals surface area contributed by atoms with Crippen LogP contribution >= 0.6 is 0 Å². The van der Waals surface area contributed by atoms with E-state index in [9.17, 15) is 4.79 Å². The molecular formula is C17H30N4O. The summed E-state index contributed by atoms with van der Waals surface area (Å²) in [6.45, 7) is 6.93. The number of aryl methyl sites for hydroxylation is 2. The Balaban J connectivity index is 2.00. The molecule has 5 nitrogen and oxygen atoms in total. The van der Waals surface area contributed by atoms with Crippen molar-refractivity contribution in [3.8, 4) is 0 Å². The van der Waals surface area contributed by atoms with Gasteiger partial charge in [-0.05, 0) is 40.2 Å². The lowest BCUT2D eigenvalue weighted by Gasteiger charge is -2.34. The Kier molecular flexibility index (Phi) is 6.00. The molecule has 0 aromatic carbocycles. The molecule has 1 unspecified atom stereocenters. The monoisotopic (exact) mass is 306 g/mol. The molecule has 1 aliphatic rings. The number of nitrogens with zero attached hydrogens (tertiary/aromatic N) is 3. The van der Waals surface area contributed by atoms with Crippen molar-refractivity contribution < 1.29 is 4.79 Å². The van der Waals surface area contributed by atoms with Gasteiger partial charge in [0, 0.05) is 18.2 Å². The Hall–Kier alpha value is -1.36. The van der Waals surface area contributed by atoms with Crippen molar-refractivity contribution in [2.24, 2.45) is 0 Å². The second kappa shape index (κ2) is 7.77. The highest BCUT2D eigenvalue weighted by Gasteiger charge is 2.26. The van der Waals surface area contributed by atoms with Gasteiger partial charge in [-0.15, -0.1) is 0 Å². The number of amides is 1. The van der Waals surface area contributed by atoms with E-state index in [1.165, 1.54) is 32.1 Å². The van der Waals surface area contributed by atoms with Gasteiger partial charge < -0.3 is 5.32 Å². The number of nitrogens with one attached hydrogen (secondary N) is 1. The fraction of sp³-hybridized carbons (Fsp3) is 0.765. The minimum Gasteiger partial charge on any atom is -0.309 e. The molecule has 2 rings (SSSR count). The highest BCUT2D eigenvalue weighted by Crippen LogP contribution is 2.23. The Morgan fingerprint density at radius 2 is 2.14 bits per heavy atom. The van der Waals surface area contributed by atoms with Gasteiger partial charge in [0.25, 0.3) is 0 Å². The van der Waals surface area contributed by atoms with Crippen LogP contribution in [0.2, 0.25) is 0 Å². The zero-order valence-corrected chi connectivity index (χ0v) is 14.4. The number of hydrogen-bond acceptors (Lipinski definition) is 3. The summed E-state index contributed by atoms with van der Waals surface area (Å²) in [6, 6.07) is 0.420. The SMILES string of the molecule is CCCn1ncc(C)c1NC(=O)C(C)N(C)C1CCCCC1. The van der Waals surface area contributed by atoms with Crippen LogP contribution in [0.3, 0.4) is 0 Å². The van der Waals surface area contributed by atoms with E-state index in [-0.39, 0.29) is 11.9 Å². The molecule has 0 radical (unpaired) electrons. The number of aromatic nitrogens is 2. The predicted octanol–water partition coefficient (Wildman–Crippen LogP) is 3.19. The minimum absolute atomic E-state index is 0.0639. The van der Waals surface area contributed by atoms with Crippen LogP contribution in [0, 0.1) is 6.92 Å². The maximum Gasteiger partial charge on any atom is 0.242 e. The van der Waals surface area contributed by atoms with Gasteiger partial charge in [0.2, 0.25) is 5.91 Å². The zero-order chi connectivity index (χ0) is 16.1. The van der Waals surface area contributed by atoms with E-state index in [0.29, 0.717) is 6.04 Å². The summed E-state index contributed by atoms with van der Waals surface area (Å²) in [5, 5.41) is 7.42. The highest BCUT2D eigenvalue weighted by molar-refractivity contribution is 5.94. The van der Waals surface area contributed by atoms with Crippen molar-refractivity contribution in [1.82, 2.24) is 14.7 Å². The summed E-state index contributed by atoms with van der Waals surface area (Å²) in [7, 11) is 2.08. The predicted molar refractivity (Wildman–Crippen MR) is 90.0 cm³/mol. The molecule has 0 spiro atoms. The van der Waals surface area contributed by atoms with Gasteiger partial charge in [0.1, 0.15) is 5.82 Å². The van der Waals surface area contributed by atoms with Crippen LogP contribution in [0.25, 0.3) is 0 Å². The number of carbonyl (C=O) groups is 1. The van der Waals surface area contributed by atoms with Gasteiger partial charge >= 0.3 is 0 Å². The van der Waals surface area contributed by atoms with Gasteiger partial charge in [-0.25, -0.2) is 4.68 Å². The quantitative estimate of drug-likeness (QED) is 0.878. The van der Waals surface area contributed by atoms with Crippen LogP contribution in [0.1, 0.15) is 57.9 Å². The van der Waals surface area contributed by atoms with Crippen molar-refractivity contribution in [2.75, 3.05) is 12.4 Å². The average Bonchev–Trinajstić information content (AvgIpc) is 2.88. The molecular weight excluding hydrogens is 276 g/mol. The van der Waals surface area contributed by atoms with Gasteiger partial charge in [-0.1, -0.05) is 26.2 Å². The van der Waals surface area contributed by atoms with Crippen molar-refractivity contribution in [3.05, 3.63) is 11.8 Å². The van der Waals surface area contributed by atoms with E-state index in [1.54, 1.807) is 0 Å². The molecule has 1 saturated carbocycles. The number of carbonyl (C=O) groups excluding carboxylic acids is 1. The fourth-order valence-electron chi connectivity index (χ4n) is 3.23. The van der Waals surface area contributed by atoms with E-state index in [2.05, 4.69) is 29.3 Å². The van der Waals surface area contributed by atoms with Gasteiger partial charge in [-0.2, -0.15) is 5.10 Å². The molecule has 0 saturated heterocycles. The van der Waals surface area contributed by atoms with Crippen molar-refractivity contribution in [1.29, 1.82) is 0 Å². The topological polar surface area (TPSA) is 50.2 Å². The lowest BCUT2D eigenvalue weighted by Crippen LogP contribution is -2.46. The number of hydrogen-bond donors (Lipinski definition) is 1. The third kappa shape index (κ3) is 3.88. The standard InChI is InChI=1S/C17H30N4O/c1-5-11-21-16(13(2)12-18-21)19-17(22)14(3)20(4)15-9-7-6-8-10-15/h12,14-15H,5-11H2,1-4H3,(H,19,22). The summed E-state index contributed by atoms with van der Waals surface area (Å²) in [5.41, 5.74) is 1.02. The van der Waals surface area contributed by atoms with Crippen LogP contribution in [0.4, 0.5) is 5.82 Å². The van der Waals surface area contributed by atoms with E-state index >= 15 is 0 Å². The lowest BCUT2D eigenvalue weighted by molar-refractivity contribution is -0.121. The molecule has 1 aliphatic carbocycles. The maximum atomic E-state index is 12.6. The Bertz CT molecular complexity index is 491. The molecule has 1 aromatic rings. The second-order valence-electron chi connectivity index (χ2n) is 6.52. The molecule has 1 fully saturated rings. The molecule has 5 heteroatoms. The number of anilines is 1. The fourth-order valence-corrected chi connectivity index (χ4v) is 3.23. The normalized spacial score (nSPS) is 17.7. The number of likely N-dealkylation sites (N-methyl/N-ethyl adjacent to an activating group) is 1. The summed E-state index contributed by atoms with van der Waals surface area (Å²) in [4.78, 5) is 14.8. The van der Waals surface area contributed by atoms with Crippen LogP contribution in [-0.4, -0.2) is 39.7 Å². The summed E-state index contributed by atoms with van der Waals surface area (Å²) < 4.78 is 1.89.